The number of carbonyl (C=O) groups is 1. The van der Waals surface area contributed by atoms with Gasteiger partial charge in [0.25, 0.3) is 0 Å². The number of amides is 1. The standard InChI is InChI=1S/C18H24N6O2.HI/c1-19-18(20-8-7-14-5-3-4-6-16(14)25)23-9-10-24(17(26)13-23)15-11-21-22(2)12-15;/h3-6,11-12,25H,7-10,13H2,1-2H3,(H,19,20);1H. The molecule has 2 N–H and O–H groups in total. The molecule has 1 fully saturated rings. The minimum absolute atomic E-state index is 0. The van der Waals surface area contributed by atoms with Gasteiger partial charge in [0, 0.05) is 39.9 Å². The summed E-state index contributed by atoms with van der Waals surface area (Å²) in [5, 5.41) is 17.2. The molecular weight excluding hydrogens is 459 g/mol. The van der Waals surface area contributed by atoms with Gasteiger partial charge >= 0.3 is 0 Å². The number of aromatic nitrogens is 2. The molecule has 0 radical (unpaired) electrons. The predicted molar refractivity (Wildman–Crippen MR) is 116 cm³/mol. The van der Waals surface area contributed by atoms with Crippen molar-refractivity contribution in [1.82, 2.24) is 20.0 Å². The molecule has 8 nitrogen and oxygen atoms in total. The molecule has 2 aromatic rings. The molecule has 0 unspecified atom stereocenters. The molecule has 1 saturated heterocycles. The number of hydrogen-bond acceptors (Lipinski definition) is 4. The molecule has 3 rings (SSSR count). The topological polar surface area (TPSA) is 86.0 Å². The van der Waals surface area contributed by atoms with Gasteiger partial charge in [0.1, 0.15) is 12.3 Å². The summed E-state index contributed by atoms with van der Waals surface area (Å²) in [4.78, 5) is 20.5. The van der Waals surface area contributed by atoms with Crippen molar-refractivity contribution in [2.75, 3.05) is 38.1 Å². The van der Waals surface area contributed by atoms with Crippen molar-refractivity contribution in [3.8, 4) is 5.75 Å². The van der Waals surface area contributed by atoms with Crippen LogP contribution in [0.3, 0.4) is 0 Å². The third-order valence-electron chi connectivity index (χ3n) is 4.40. The Bertz CT molecular complexity index is 807. The van der Waals surface area contributed by atoms with Crippen molar-refractivity contribution >= 4 is 41.5 Å². The molecule has 0 bridgehead atoms. The largest absolute Gasteiger partial charge is 0.508 e. The number of aromatic hydroxyl groups is 1. The van der Waals surface area contributed by atoms with E-state index < -0.39 is 0 Å². The van der Waals surface area contributed by atoms with Gasteiger partial charge in [-0.1, -0.05) is 18.2 Å². The summed E-state index contributed by atoms with van der Waals surface area (Å²) in [7, 11) is 3.54. The molecule has 0 aliphatic carbocycles. The number of nitrogens with zero attached hydrogens (tertiary/aromatic N) is 5. The number of carbonyl (C=O) groups excluding carboxylic acids is 1. The molecule has 0 spiro atoms. The number of aryl methyl sites for hydroxylation is 1. The predicted octanol–water partition coefficient (Wildman–Crippen LogP) is 1.21. The highest BCUT2D eigenvalue weighted by molar-refractivity contribution is 14.0. The molecule has 146 valence electrons. The minimum atomic E-state index is 0. The van der Waals surface area contributed by atoms with Crippen LogP contribution in [0.15, 0.2) is 41.7 Å². The molecule has 1 aromatic carbocycles. The number of para-hydroxylation sites is 1. The smallest absolute Gasteiger partial charge is 0.246 e. The Labute approximate surface area is 175 Å². The van der Waals surface area contributed by atoms with Crippen molar-refractivity contribution in [3.05, 3.63) is 42.2 Å². The number of halogens is 1. The zero-order valence-electron chi connectivity index (χ0n) is 15.5. The summed E-state index contributed by atoms with van der Waals surface area (Å²) in [5.41, 5.74) is 1.70. The molecule has 0 saturated carbocycles. The number of benzene rings is 1. The first-order chi connectivity index (χ1) is 12.6. The van der Waals surface area contributed by atoms with Gasteiger partial charge in [-0.25, -0.2) is 0 Å². The first-order valence-corrected chi connectivity index (χ1v) is 8.60. The maximum Gasteiger partial charge on any atom is 0.246 e. The van der Waals surface area contributed by atoms with Gasteiger partial charge < -0.3 is 20.2 Å². The molecule has 27 heavy (non-hydrogen) atoms. The fourth-order valence-electron chi connectivity index (χ4n) is 3.04. The molecule has 9 heteroatoms. The van der Waals surface area contributed by atoms with Crippen LogP contribution in [-0.4, -0.2) is 64.9 Å². The van der Waals surface area contributed by atoms with Crippen molar-refractivity contribution in [3.63, 3.8) is 0 Å². The van der Waals surface area contributed by atoms with E-state index in [-0.39, 0.29) is 36.4 Å². The number of rotatable bonds is 4. The van der Waals surface area contributed by atoms with E-state index in [1.165, 1.54) is 0 Å². The molecule has 1 aliphatic heterocycles. The summed E-state index contributed by atoms with van der Waals surface area (Å²) in [5.74, 6) is 1.01. The van der Waals surface area contributed by atoms with E-state index in [0.29, 0.717) is 37.8 Å². The Balaban J connectivity index is 0.00000261. The molecule has 2 heterocycles. The number of aliphatic imine (C=N–C) groups is 1. The normalized spacial score (nSPS) is 14.9. The zero-order valence-corrected chi connectivity index (χ0v) is 17.8. The quantitative estimate of drug-likeness (QED) is 0.387. The van der Waals surface area contributed by atoms with Crippen LogP contribution in [-0.2, 0) is 18.3 Å². The Kier molecular flexibility index (Phi) is 7.45. The van der Waals surface area contributed by atoms with E-state index >= 15 is 0 Å². The van der Waals surface area contributed by atoms with Crippen molar-refractivity contribution in [2.45, 2.75) is 6.42 Å². The highest BCUT2D eigenvalue weighted by atomic mass is 127. The van der Waals surface area contributed by atoms with Crippen molar-refractivity contribution in [2.24, 2.45) is 12.0 Å². The molecule has 1 aromatic heterocycles. The zero-order chi connectivity index (χ0) is 18.5. The monoisotopic (exact) mass is 484 g/mol. The average molecular weight is 484 g/mol. The van der Waals surface area contributed by atoms with E-state index in [1.54, 1.807) is 35.0 Å². The number of phenolic OH excluding ortho intramolecular Hbond substituents is 1. The second-order valence-electron chi connectivity index (χ2n) is 6.19. The SMILES string of the molecule is CN=C(NCCc1ccccc1O)N1CCN(c2cnn(C)c2)C(=O)C1.I. The van der Waals surface area contributed by atoms with Crippen LogP contribution >= 0.6 is 24.0 Å². The third kappa shape index (κ3) is 5.12. The summed E-state index contributed by atoms with van der Waals surface area (Å²) in [6.45, 7) is 2.17. The van der Waals surface area contributed by atoms with Crippen molar-refractivity contribution < 1.29 is 9.90 Å². The van der Waals surface area contributed by atoms with Crippen molar-refractivity contribution in [1.29, 1.82) is 0 Å². The van der Waals surface area contributed by atoms with Crippen LogP contribution in [0.2, 0.25) is 0 Å². The highest BCUT2D eigenvalue weighted by Crippen LogP contribution is 2.17. The van der Waals surface area contributed by atoms with Gasteiger partial charge in [0.05, 0.1) is 11.9 Å². The van der Waals surface area contributed by atoms with E-state index in [2.05, 4.69) is 15.4 Å². The van der Waals surface area contributed by atoms with E-state index in [4.69, 9.17) is 0 Å². The highest BCUT2D eigenvalue weighted by Gasteiger charge is 2.27. The Morgan fingerprint density at radius 3 is 2.74 bits per heavy atom. The van der Waals surface area contributed by atoms with Gasteiger partial charge in [-0.3, -0.25) is 14.5 Å². The summed E-state index contributed by atoms with van der Waals surface area (Å²) in [6, 6.07) is 7.29. The van der Waals surface area contributed by atoms with Crippen LogP contribution in [0.4, 0.5) is 5.69 Å². The third-order valence-corrected chi connectivity index (χ3v) is 4.40. The number of piperazine rings is 1. The lowest BCUT2D eigenvalue weighted by molar-refractivity contribution is -0.120. The number of guanidine groups is 1. The Hall–Kier alpha value is -2.30. The number of phenols is 1. The van der Waals surface area contributed by atoms with Crippen LogP contribution in [0.1, 0.15) is 5.56 Å². The van der Waals surface area contributed by atoms with Crippen LogP contribution in [0, 0.1) is 0 Å². The summed E-state index contributed by atoms with van der Waals surface area (Å²) < 4.78 is 1.69. The van der Waals surface area contributed by atoms with Gasteiger partial charge in [0.15, 0.2) is 5.96 Å². The van der Waals surface area contributed by atoms with Crippen LogP contribution < -0.4 is 10.2 Å². The molecule has 0 atom stereocenters. The number of hydrogen-bond donors (Lipinski definition) is 2. The lowest BCUT2D eigenvalue weighted by Crippen LogP contribution is -2.55. The lowest BCUT2D eigenvalue weighted by Gasteiger charge is -2.35. The molecule has 1 amide bonds. The molecule has 1 aliphatic rings. The van der Waals surface area contributed by atoms with Gasteiger partial charge in [-0.05, 0) is 18.1 Å². The number of anilines is 1. The van der Waals surface area contributed by atoms with Crippen LogP contribution in [0.25, 0.3) is 0 Å². The van der Waals surface area contributed by atoms with E-state index in [1.807, 2.05) is 30.3 Å². The lowest BCUT2D eigenvalue weighted by atomic mass is 10.1. The second-order valence-corrected chi connectivity index (χ2v) is 6.19. The Morgan fingerprint density at radius 2 is 2.11 bits per heavy atom. The fourth-order valence-corrected chi connectivity index (χ4v) is 3.04. The summed E-state index contributed by atoms with van der Waals surface area (Å²) in [6.07, 6.45) is 4.22. The minimum Gasteiger partial charge on any atom is -0.508 e. The van der Waals surface area contributed by atoms with Gasteiger partial charge in [-0.2, -0.15) is 5.10 Å². The molecular formula is C18H25IN6O2. The van der Waals surface area contributed by atoms with Crippen LogP contribution in [0.5, 0.6) is 5.75 Å². The average Bonchev–Trinajstić information content (AvgIpc) is 3.06. The Morgan fingerprint density at radius 1 is 1.33 bits per heavy atom. The first kappa shape index (κ1) is 21.0. The summed E-state index contributed by atoms with van der Waals surface area (Å²) >= 11 is 0. The van der Waals surface area contributed by atoms with E-state index in [9.17, 15) is 9.90 Å². The maximum atomic E-state index is 12.5. The van der Waals surface area contributed by atoms with E-state index in [0.717, 1.165) is 11.3 Å². The fraction of sp³-hybridized carbons (Fsp3) is 0.389. The maximum absolute atomic E-state index is 12.5. The van der Waals surface area contributed by atoms with Gasteiger partial charge in [-0.15, -0.1) is 24.0 Å². The second kappa shape index (κ2) is 9.58. The first-order valence-electron chi connectivity index (χ1n) is 8.60. The number of nitrogens with one attached hydrogen (secondary N) is 1. The van der Waals surface area contributed by atoms with Gasteiger partial charge in [0.2, 0.25) is 5.91 Å².